The number of benzene rings is 1. The number of rotatable bonds is 6. The van der Waals surface area contributed by atoms with Crippen molar-refractivity contribution in [1.29, 1.82) is 0 Å². The molecule has 1 unspecified atom stereocenters. The van der Waals surface area contributed by atoms with E-state index in [1.807, 2.05) is 36.4 Å². The SMILES string of the molecule is C=CCC1=C(CC=C)C(CC=C)Oc2ccccc21. The van der Waals surface area contributed by atoms with Gasteiger partial charge < -0.3 is 4.74 Å². The van der Waals surface area contributed by atoms with Crippen molar-refractivity contribution in [3.8, 4) is 5.75 Å². The van der Waals surface area contributed by atoms with Gasteiger partial charge in [0.2, 0.25) is 0 Å². The minimum atomic E-state index is 0.0698. The molecule has 1 aliphatic heterocycles. The minimum Gasteiger partial charge on any atom is -0.485 e. The van der Waals surface area contributed by atoms with Crippen molar-refractivity contribution in [3.63, 3.8) is 0 Å². The van der Waals surface area contributed by atoms with Gasteiger partial charge in [-0.15, -0.1) is 19.7 Å². The molecule has 0 spiro atoms. The van der Waals surface area contributed by atoms with Gasteiger partial charge >= 0.3 is 0 Å². The molecule has 1 atom stereocenters. The molecule has 0 bridgehead atoms. The predicted octanol–water partition coefficient (Wildman–Crippen LogP) is 4.93. The van der Waals surface area contributed by atoms with Gasteiger partial charge in [0, 0.05) is 12.0 Å². The zero-order valence-corrected chi connectivity index (χ0v) is 11.3. The topological polar surface area (TPSA) is 9.23 Å². The maximum Gasteiger partial charge on any atom is 0.127 e. The van der Waals surface area contributed by atoms with Crippen LogP contribution in [-0.4, -0.2) is 6.10 Å². The van der Waals surface area contributed by atoms with E-state index in [2.05, 4.69) is 25.8 Å². The first-order valence-electron chi connectivity index (χ1n) is 6.62. The van der Waals surface area contributed by atoms with Crippen LogP contribution in [0.25, 0.3) is 5.57 Å². The first-order chi connectivity index (χ1) is 9.31. The lowest BCUT2D eigenvalue weighted by Crippen LogP contribution is -2.24. The quantitative estimate of drug-likeness (QED) is 0.652. The Kier molecular flexibility index (Phi) is 4.40. The summed E-state index contributed by atoms with van der Waals surface area (Å²) in [6, 6.07) is 8.19. The molecule has 1 aliphatic rings. The summed E-state index contributed by atoms with van der Waals surface area (Å²) in [7, 11) is 0. The number of para-hydroxylation sites is 1. The van der Waals surface area contributed by atoms with Crippen molar-refractivity contribution < 1.29 is 4.74 Å². The van der Waals surface area contributed by atoms with Crippen LogP contribution in [0.5, 0.6) is 5.75 Å². The fraction of sp³-hybridized carbons (Fsp3) is 0.222. The Morgan fingerprint density at radius 2 is 1.74 bits per heavy atom. The van der Waals surface area contributed by atoms with Gasteiger partial charge in [0.05, 0.1) is 0 Å². The zero-order chi connectivity index (χ0) is 13.7. The minimum absolute atomic E-state index is 0.0698. The maximum atomic E-state index is 6.10. The van der Waals surface area contributed by atoms with Crippen LogP contribution in [0.1, 0.15) is 24.8 Å². The highest BCUT2D eigenvalue weighted by Gasteiger charge is 2.25. The Labute approximate surface area is 115 Å². The highest BCUT2D eigenvalue weighted by atomic mass is 16.5. The van der Waals surface area contributed by atoms with E-state index in [9.17, 15) is 0 Å². The molecule has 0 amide bonds. The lowest BCUT2D eigenvalue weighted by molar-refractivity contribution is 0.233. The van der Waals surface area contributed by atoms with Crippen LogP contribution in [0, 0.1) is 0 Å². The van der Waals surface area contributed by atoms with Crippen molar-refractivity contribution in [2.75, 3.05) is 0 Å². The van der Waals surface area contributed by atoms with Crippen molar-refractivity contribution in [1.82, 2.24) is 0 Å². The normalized spacial score (nSPS) is 17.4. The lowest BCUT2D eigenvalue weighted by atomic mass is 9.88. The smallest absolute Gasteiger partial charge is 0.127 e. The Hall–Kier alpha value is -2.02. The molecule has 1 nitrogen and oxygen atoms in total. The average molecular weight is 252 g/mol. The van der Waals surface area contributed by atoms with Crippen LogP contribution in [0.4, 0.5) is 0 Å². The Morgan fingerprint density at radius 1 is 1.00 bits per heavy atom. The summed E-state index contributed by atoms with van der Waals surface area (Å²) >= 11 is 0. The number of hydrogen-bond donors (Lipinski definition) is 0. The van der Waals surface area contributed by atoms with Crippen LogP contribution >= 0.6 is 0 Å². The van der Waals surface area contributed by atoms with E-state index in [0.29, 0.717) is 0 Å². The highest BCUT2D eigenvalue weighted by Crippen LogP contribution is 2.40. The van der Waals surface area contributed by atoms with E-state index in [1.165, 1.54) is 16.7 Å². The average Bonchev–Trinajstić information content (AvgIpc) is 2.43. The molecule has 0 aliphatic carbocycles. The summed E-state index contributed by atoms with van der Waals surface area (Å²) < 4.78 is 6.10. The molecule has 2 rings (SSSR count). The fourth-order valence-electron chi connectivity index (χ4n) is 2.55. The summed E-state index contributed by atoms with van der Waals surface area (Å²) in [5.74, 6) is 0.957. The van der Waals surface area contributed by atoms with E-state index < -0.39 is 0 Å². The van der Waals surface area contributed by atoms with Gasteiger partial charge in [0.15, 0.2) is 0 Å². The summed E-state index contributed by atoms with van der Waals surface area (Å²) in [5.41, 5.74) is 3.80. The van der Waals surface area contributed by atoms with E-state index in [0.717, 1.165) is 25.0 Å². The van der Waals surface area contributed by atoms with Crippen molar-refractivity contribution in [3.05, 3.63) is 73.4 Å². The van der Waals surface area contributed by atoms with Crippen LogP contribution in [-0.2, 0) is 0 Å². The lowest BCUT2D eigenvalue weighted by Gasteiger charge is -2.30. The zero-order valence-electron chi connectivity index (χ0n) is 11.3. The summed E-state index contributed by atoms with van der Waals surface area (Å²) in [6.45, 7) is 11.6. The molecule has 0 saturated carbocycles. The summed E-state index contributed by atoms with van der Waals surface area (Å²) in [5, 5.41) is 0. The van der Waals surface area contributed by atoms with Crippen LogP contribution in [0.2, 0.25) is 0 Å². The second-order valence-corrected chi connectivity index (χ2v) is 4.62. The molecule has 0 N–H and O–H groups in total. The number of ether oxygens (including phenoxy) is 1. The fourth-order valence-corrected chi connectivity index (χ4v) is 2.55. The van der Waals surface area contributed by atoms with Gasteiger partial charge in [-0.2, -0.15) is 0 Å². The van der Waals surface area contributed by atoms with Gasteiger partial charge in [-0.05, 0) is 30.1 Å². The highest BCUT2D eigenvalue weighted by molar-refractivity contribution is 5.76. The standard InChI is InChI=1S/C18H20O/c1-4-9-14-15(10-5-2)17(11-6-3)19-18-13-8-7-12-16(14)18/h4-8,12-13,17H,1-3,9-11H2. The molecule has 1 aromatic carbocycles. The van der Waals surface area contributed by atoms with Gasteiger partial charge in [-0.25, -0.2) is 0 Å². The second kappa shape index (κ2) is 6.24. The van der Waals surface area contributed by atoms with Crippen molar-refractivity contribution in [2.24, 2.45) is 0 Å². The first kappa shape index (κ1) is 13.4. The third kappa shape index (κ3) is 2.70. The predicted molar refractivity (Wildman–Crippen MR) is 82.2 cm³/mol. The molecular formula is C18H20O. The number of allylic oxidation sites excluding steroid dienone is 3. The van der Waals surface area contributed by atoms with Crippen molar-refractivity contribution >= 4 is 5.57 Å². The van der Waals surface area contributed by atoms with Crippen molar-refractivity contribution in [2.45, 2.75) is 25.4 Å². The van der Waals surface area contributed by atoms with Gasteiger partial charge in [-0.1, -0.05) is 36.4 Å². The second-order valence-electron chi connectivity index (χ2n) is 4.62. The van der Waals surface area contributed by atoms with E-state index in [4.69, 9.17) is 4.74 Å². The number of fused-ring (bicyclic) bond motifs is 1. The monoisotopic (exact) mass is 252 g/mol. The third-order valence-electron chi connectivity index (χ3n) is 3.35. The summed E-state index contributed by atoms with van der Waals surface area (Å²) in [6.07, 6.45) is 8.39. The van der Waals surface area contributed by atoms with E-state index >= 15 is 0 Å². The Balaban J connectivity index is 2.54. The molecule has 0 aromatic heterocycles. The maximum absolute atomic E-state index is 6.10. The molecule has 1 aromatic rings. The molecule has 0 fully saturated rings. The van der Waals surface area contributed by atoms with Gasteiger partial charge in [-0.3, -0.25) is 0 Å². The molecule has 1 heterocycles. The van der Waals surface area contributed by atoms with Crippen LogP contribution in [0.15, 0.2) is 67.8 Å². The van der Waals surface area contributed by atoms with Crippen LogP contribution < -0.4 is 4.74 Å². The molecule has 19 heavy (non-hydrogen) atoms. The first-order valence-corrected chi connectivity index (χ1v) is 6.62. The summed E-state index contributed by atoms with van der Waals surface area (Å²) in [4.78, 5) is 0. The molecule has 1 heteroatoms. The molecule has 0 radical (unpaired) electrons. The van der Waals surface area contributed by atoms with E-state index in [-0.39, 0.29) is 6.10 Å². The van der Waals surface area contributed by atoms with Crippen LogP contribution in [0.3, 0.4) is 0 Å². The molecule has 0 saturated heterocycles. The largest absolute Gasteiger partial charge is 0.485 e. The Bertz CT molecular complexity index is 522. The molecular weight excluding hydrogens is 232 g/mol. The third-order valence-corrected chi connectivity index (χ3v) is 3.35. The van der Waals surface area contributed by atoms with E-state index in [1.54, 1.807) is 0 Å². The van der Waals surface area contributed by atoms with Gasteiger partial charge in [0.1, 0.15) is 11.9 Å². The molecule has 98 valence electrons. The number of hydrogen-bond acceptors (Lipinski definition) is 1. The Morgan fingerprint density at radius 3 is 2.42 bits per heavy atom. The van der Waals surface area contributed by atoms with Gasteiger partial charge in [0.25, 0.3) is 0 Å².